The molecule has 0 radical (unpaired) electrons. The van der Waals surface area contributed by atoms with E-state index in [1.807, 2.05) is 19.9 Å². The summed E-state index contributed by atoms with van der Waals surface area (Å²) >= 11 is 0. The Labute approximate surface area is 96.9 Å². The minimum Gasteiger partial charge on any atom is -0.383 e. The lowest BCUT2D eigenvalue weighted by Gasteiger charge is -2.21. The lowest BCUT2D eigenvalue weighted by atomic mass is 10.3. The quantitative estimate of drug-likeness (QED) is 0.616. The second kappa shape index (κ2) is 9.13. The molecule has 16 heavy (non-hydrogen) atoms. The summed E-state index contributed by atoms with van der Waals surface area (Å²) in [6.07, 6.45) is 0.362. The number of nitrogens with zero attached hydrogens (tertiary/aromatic N) is 2. The molecule has 92 valence electrons. The maximum absolute atomic E-state index is 11.7. The first-order valence-corrected chi connectivity index (χ1v) is 5.37. The third-order valence-corrected chi connectivity index (χ3v) is 1.95. The third kappa shape index (κ3) is 7.21. The Hall–Kier alpha value is -1.12. The highest BCUT2D eigenvalue weighted by Gasteiger charge is 2.13. The van der Waals surface area contributed by atoms with Gasteiger partial charge >= 0.3 is 0 Å². The largest absolute Gasteiger partial charge is 0.383 e. The van der Waals surface area contributed by atoms with Gasteiger partial charge in [0.1, 0.15) is 6.61 Å². The van der Waals surface area contributed by atoms with Crippen LogP contribution in [-0.4, -0.2) is 50.3 Å². The molecule has 0 aromatic rings. The predicted molar refractivity (Wildman–Crippen MR) is 59.8 cm³/mol. The molecule has 0 aliphatic heterocycles. The minimum atomic E-state index is -0.0963. The second-order valence-electron chi connectivity index (χ2n) is 3.64. The van der Waals surface area contributed by atoms with Gasteiger partial charge in [-0.25, -0.2) is 0 Å². The molecule has 1 amide bonds. The van der Waals surface area contributed by atoms with E-state index in [0.717, 1.165) is 0 Å². The van der Waals surface area contributed by atoms with E-state index in [9.17, 15) is 4.79 Å². The van der Waals surface area contributed by atoms with Gasteiger partial charge in [-0.1, -0.05) is 0 Å². The van der Waals surface area contributed by atoms with Crippen LogP contribution in [0, 0.1) is 11.3 Å². The second-order valence-corrected chi connectivity index (χ2v) is 3.64. The number of hydrogen-bond acceptors (Lipinski definition) is 4. The van der Waals surface area contributed by atoms with Crippen molar-refractivity contribution in [2.24, 2.45) is 0 Å². The van der Waals surface area contributed by atoms with Gasteiger partial charge in [0.15, 0.2) is 0 Å². The number of amides is 1. The number of hydrogen-bond donors (Lipinski definition) is 0. The van der Waals surface area contributed by atoms with Crippen LogP contribution in [0.15, 0.2) is 0 Å². The molecule has 0 aromatic carbocycles. The van der Waals surface area contributed by atoms with Crippen molar-refractivity contribution >= 4 is 5.91 Å². The summed E-state index contributed by atoms with van der Waals surface area (Å²) in [6.45, 7) is 5.22. The molecule has 0 atom stereocenters. The van der Waals surface area contributed by atoms with E-state index in [0.29, 0.717) is 26.1 Å². The zero-order chi connectivity index (χ0) is 12.4. The predicted octanol–water partition coefficient (Wildman–Crippen LogP) is 0.800. The summed E-state index contributed by atoms with van der Waals surface area (Å²) in [5, 5.41) is 8.49. The van der Waals surface area contributed by atoms with Gasteiger partial charge in [0.05, 0.1) is 25.2 Å². The average Bonchev–Trinajstić information content (AvgIpc) is 2.26. The number of rotatable bonds is 8. The monoisotopic (exact) mass is 228 g/mol. The maximum atomic E-state index is 11.7. The van der Waals surface area contributed by atoms with Crippen molar-refractivity contribution in [2.75, 3.05) is 33.4 Å². The molecule has 0 bridgehead atoms. The van der Waals surface area contributed by atoms with Gasteiger partial charge in [0, 0.05) is 20.2 Å². The summed E-state index contributed by atoms with van der Waals surface area (Å²) in [4.78, 5) is 13.3. The molecule has 0 aliphatic carbocycles. The van der Waals surface area contributed by atoms with Crippen LogP contribution in [0.25, 0.3) is 0 Å². The van der Waals surface area contributed by atoms with E-state index < -0.39 is 0 Å². The van der Waals surface area contributed by atoms with E-state index in [1.165, 1.54) is 0 Å². The molecule has 0 saturated carbocycles. The highest BCUT2D eigenvalue weighted by Crippen LogP contribution is 1.96. The van der Waals surface area contributed by atoms with Crippen LogP contribution in [0.2, 0.25) is 0 Å². The summed E-state index contributed by atoms with van der Waals surface area (Å²) in [6, 6.07) is 2.02. The molecule has 0 saturated heterocycles. The van der Waals surface area contributed by atoms with Crippen molar-refractivity contribution in [3.63, 3.8) is 0 Å². The summed E-state index contributed by atoms with van der Waals surface area (Å²) in [5.74, 6) is -0.0963. The Morgan fingerprint density at radius 2 is 2.12 bits per heavy atom. The van der Waals surface area contributed by atoms with E-state index in [1.54, 1.807) is 12.0 Å². The molecule has 5 nitrogen and oxygen atoms in total. The van der Waals surface area contributed by atoms with Gasteiger partial charge in [0.25, 0.3) is 0 Å². The number of carbonyl (C=O) groups is 1. The van der Waals surface area contributed by atoms with Crippen LogP contribution in [0.1, 0.15) is 20.3 Å². The molecule has 0 N–H and O–H groups in total. The highest BCUT2D eigenvalue weighted by atomic mass is 16.5. The first-order chi connectivity index (χ1) is 7.61. The lowest BCUT2D eigenvalue weighted by molar-refractivity contribution is -0.138. The van der Waals surface area contributed by atoms with E-state index in [4.69, 9.17) is 14.7 Å². The van der Waals surface area contributed by atoms with Crippen molar-refractivity contribution in [3.05, 3.63) is 0 Å². The Kier molecular flexibility index (Phi) is 8.49. The topological polar surface area (TPSA) is 62.6 Å². The molecular weight excluding hydrogens is 208 g/mol. The summed E-state index contributed by atoms with van der Waals surface area (Å²) < 4.78 is 10.1. The molecule has 0 aliphatic rings. The first-order valence-electron chi connectivity index (χ1n) is 5.37. The van der Waals surface area contributed by atoms with Crippen LogP contribution >= 0.6 is 0 Å². The Morgan fingerprint density at radius 1 is 1.44 bits per heavy atom. The van der Waals surface area contributed by atoms with Gasteiger partial charge in [-0.3, -0.25) is 4.79 Å². The Morgan fingerprint density at radius 3 is 2.62 bits per heavy atom. The fraction of sp³-hybridized carbons (Fsp3) is 0.818. The normalized spacial score (nSPS) is 10.2. The number of carbonyl (C=O) groups excluding carboxylic acids is 1. The van der Waals surface area contributed by atoms with Crippen molar-refractivity contribution in [1.29, 1.82) is 5.26 Å². The zero-order valence-electron chi connectivity index (χ0n) is 10.2. The Balaban J connectivity index is 4.04. The van der Waals surface area contributed by atoms with Crippen molar-refractivity contribution in [3.8, 4) is 6.07 Å². The van der Waals surface area contributed by atoms with E-state index >= 15 is 0 Å². The van der Waals surface area contributed by atoms with Crippen LogP contribution in [0.3, 0.4) is 0 Å². The highest BCUT2D eigenvalue weighted by molar-refractivity contribution is 5.77. The molecule has 0 rings (SSSR count). The minimum absolute atomic E-state index is 0.0317. The van der Waals surface area contributed by atoms with Gasteiger partial charge in [0.2, 0.25) is 5.91 Å². The number of ether oxygens (including phenoxy) is 2. The van der Waals surface area contributed by atoms with Gasteiger partial charge in [-0.15, -0.1) is 0 Å². The fourth-order valence-corrected chi connectivity index (χ4v) is 1.08. The maximum Gasteiger partial charge on any atom is 0.248 e. The zero-order valence-corrected chi connectivity index (χ0v) is 10.2. The smallest absolute Gasteiger partial charge is 0.248 e. The molecule has 5 heteroatoms. The SMILES string of the molecule is COCCN(CCC#N)C(=O)COC(C)C. The molecule has 0 unspecified atom stereocenters. The third-order valence-electron chi connectivity index (χ3n) is 1.95. The van der Waals surface area contributed by atoms with Crippen LogP contribution in [0.4, 0.5) is 0 Å². The molecule has 0 fully saturated rings. The summed E-state index contributed by atoms with van der Waals surface area (Å²) in [5.41, 5.74) is 0. The number of nitriles is 1. The molecule has 0 aromatic heterocycles. The molecular formula is C11H20N2O3. The molecule has 0 spiro atoms. The van der Waals surface area contributed by atoms with E-state index in [-0.39, 0.29) is 18.6 Å². The standard InChI is InChI=1S/C11H20N2O3/c1-10(2)16-9-11(14)13(6-4-5-12)7-8-15-3/h10H,4,6-9H2,1-3H3. The van der Waals surface area contributed by atoms with Crippen molar-refractivity contribution in [1.82, 2.24) is 4.90 Å². The Bertz CT molecular complexity index is 236. The van der Waals surface area contributed by atoms with Crippen LogP contribution in [0.5, 0.6) is 0 Å². The van der Waals surface area contributed by atoms with E-state index in [2.05, 4.69) is 0 Å². The number of methoxy groups -OCH3 is 1. The van der Waals surface area contributed by atoms with Gasteiger partial charge in [-0.05, 0) is 13.8 Å². The van der Waals surface area contributed by atoms with Crippen LogP contribution < -0.4 is 0 Å². The molecule has 0 heterocycles. The summed E-state index contributed by atoms with van der Waals surface area (Å²) in [7, 11) is 1.58. The lowest BCUT2D eigenvalue weighted by Crippen LogP contribution is -2.37. The average molecular weight is 228 g/mol. The van der Waals surface area contributed by atoms with Crippen molar-refractivity contribution in [2.45, 2.75) is 26.4 Å². The van der Waals surface area contributed by atoms with Crippen molar-refractivity contribution < 1.29 is 14.3 Å². The van der Waals surface area contributed by atoms with Crippen LogP contribution in [-0.2, 0) is 14.3 Å². The van der Waals surface area contributed by atoms with Gasteiger partial charge in [-0.2, -0.15) is 5.26 Å². The first kappa shape index (κ1) is 14.9. The van der Waals surface area contributed by atoms with Gasteiger partial charge < -0.3 is 14.4 Å². The fourth-order valence-electron chi connectivity index (χ4n) is 1.08.